The summed E-state index contributed by atoms with van der Waals surface area (Å²) >= 11 is 0. The van der Waals surface area contributed by atoms with E-state index in [1.165, 1.54) is 0 Å². The van der Waals surface area contributed by atoms with E-state index < -0.39 is 0 Å². The lowest BCUT2D eigenvalue weighted by molar-refractivity contribution is 0.410. The Bertz CT molecular complexity index is 856. The molecule has 2 aromatic heterocycles. The number of para-hydroxylation sites is 1. The van der Waals surface area contributed by atoms with Gasteiger partial charge in [-0.15, -0.1) is 24.0 Å². The summed E-state index contributed by atoms with van der Waals surface area (Å²) in [5.74, 6) is 0.700. The van der Waals surface area contributed by atoms with Gasteiger partial charge in [0.15, 0.2) is 5.96 Å². The molecule has 138 valence electrons. The van der Waals surface area contributed by atoms with Crippen molar-refractivity contribution in [2.75, 3.05) is 7.05 Å². The summed E-state index contributed by atoms with van der Waals surface area (Å²) in [4.78, 5) is 4.24. The lowest BCUT2D eigenvalue weighted by Gasteiger charge is -2.14. The minimum absolute atomic E-state index is 0. The highest BCUT2D eigenvalue weighted by atomic mass is 127. The topological polar surface area (TPSA) is 80.3 Å². The fourth-order valence-electron chi connectivity index (χ4n) is 2.64. The molecule has 0 saturated heterocycles. The zero-order valence-electron chi connectivity index (χ0n) is 15.1. The standard InChI is InChI=1S/C18H22N6O.HI/c1-13-10-14(2)24(22-13)17-7-5-4-6-15(17)11-20-18(19-3)21-12-16-8-9-25-23-16;/h4-10H,11-12H2,1-3H3,(H2,19,20,21);1H. The van der Waals surface area contributed by atoms with E-state index in [9.17, 15) is 0 Å². The molecule has 0 unspecified atom stereocenters. The van der Waals surface area contributed by atoms with E-state index in [4.69, 9.17) is 4.52 Å². The Labute approximate surface area is 169 Å². The van der Waals surface area contributed by atoms with Crippen LogP contribution in [0.3, 0.4) is 0 Å². The summed E-state index contributed by atoms with van der Waals surface area (Å²) in [5, 5.41) is 15.0. The first-order chi connectivity index (χ1) is 12.2. The van der Waals surface area contributed by atoms with Gasteiger partial charge in [0.2, 0.25) is 0 Å². The molecule has 0 aliphatic rings. The minimum Gasteiger partial charge on any atom is -0.364 e. The average molecular weight is 466 g/mol. The molecule has 8 heteroatoms. The third kappa shape index (κ3) is 4.84. The summed E-state index contributed by atoms with van der Waals surface area (Å²) in [7, 11) is 1.74. The number of nitrogens with zero attached hydrogens (tertiary/aromatic N) is 4. The van der Waals surface area contributed by atoms with E-state index in [1.807, 2.05) is 29.8 Å². The molecule has 2 N–H and O–H groups in total. The monoisotopic (exact) mass is 466 g/mol. The molecule has 7 nitrogen and oxygen atoms in total. The molecule has 0 aliphatic heterocycles. The average Bonchev–Trinajstić information content (AvgIpc) is 3.24. The van der Waals surface area contributed by atoms with Gasteiger partial charge < -0.3 is 15.2 Å². The predicted octanol–water partition coefficient (Wildman–Crippen LogP) is 2.96. The van der Waals surface area contributed by atoms with Crippen molar-refractivity contribution in [2.24, 2.45) is 4.99 Å². The second kappa shape index (κ2) is 9.37. The molecule has 0 atom stereocenters. The first-order valence-electron chi connectivity index (χ1n) is 8.12. The third-order valence-electron chi connectivity index (χ3n) is 3.83. The number of aliphatic imine (C=N–C) groups is 1. The van der Waals surface area contributed by atoms with Gasteiger partial charge in [-0.2, -0.15) is 5.10 Å². The Morgan fingerprint density at radius 2 is 1.92 bits per heavy atom. The number of rotatable bonds is 5. The van der Waals surface area contributed by atoms with Gasteiger partial charge in [-0.3, -0.25) is 4.99 Å². The maximum absolute atomic E-state index is 4.83. The van der Waals surface area contributed by atoms with Crippen LogP contribution in [-0.4, -0.2) is 27.9 Å². The highest BCUT2D eigenvalue weighted by molar-refractivity contribution is 14.0. The van der Waals surface area contributed by atoms with Crippen LogP contribution in [0.1, 0.15) is 22.6 Å². The Kier molecular flexibility index (Phi) is 7.19. The second-order valence-corrected chi connectivity index (χ2v) is 5.74. The Balaban J connectivity index is 0.00000243. The molecule has 1 aromatic carbocycles. The number of hydrogen-bond acceptors (Lipinski definition) is 4. The maximum atomic E-state index is 4.83. The summed E-state index contributed by atoms with van der Waals surface area (Å²) in [6.07, 6.45) is 1.55. The Morgan fingerprint density at radius 1 is 1.15 bits per heavy atom. The number of nitrogens with one attached hydrogen (secondary N) is 2. The van der Waals surface area contributed by atoms with Crippen molar-refractivity contribution in [1.29, 1.82) is 0 Å². The minimum atomic E-state index is 0. The lowest BCUT2D eigenvalue weighted by atomic mass is 10.1. The largest absolute Gasteiger partial charge is 0.364 e. The van der Waals surface area contributed by atoms with Gasteiger partial charge in [-0.05, 0) is 31.5 Å². The number of aryl methyl sites for hydroxylation is 2. The first kappa shape index (κ1) is 20.0. The van der Waals surface area contributed by atoms with Gasteiger partial charge in [-0.25, -0.2) is 4.68 Å². The molecule has 3 rings (SSSR count). The number of benzene rings is 1. The van der Waals surface area contributed by atoms with Gasteiger partial charge in [0.1, 0.15) is 12.0 Å². The van der Waals surface area contributed by atoms with Crippen molar-refractivity contribution in [1.82, 2.24) is 25.6 Å². The fourth-order valence-corrected chi connectivity index (χ4v) is 2.64. The number of guanidine groups is 1. The fraction of sp³-hybridized carbons (Fsp3) is 0.278. The number of aromatic nitrogens is 3. The van der Waals surface area contributed by atoms with Gasteiger partial charge >= 0.3 is 0 Å². The van der Waals surface area contributed by atoms with E-state index in [-0.39, 0.29) is 24.0 Å². The van der Waals surface area contributed by atoms with Crippen molar-refractivity contribution in [3.8, 4) is 5.69 Å². The molecule has 2 heterocycles. The van der Waals surface area contributed by atoms with Gasteiger partial charge in [0.25, 0.3) is 0 Å². The summed E-state index contributed by atoms with van der Waals surface area (Å²) in [5.41, 5.74) is 5.14. The van der Waals surface area contributed by atoms with Crippen molar-refractivity contribution in [2.45, 2.75) is 26.9 Å². The molecule has 3 aromatic rings. The zero-order chi connectivity index (χ0) is 17.6. The van der Waals surface area contributed by atoms with Crippen LogP contribution < -0.4 is 10.6 Å². The summed E-state index contributed by atoms with van der Waals surface area (Å²) < 4.78 is 6.80. The van der Waals surface area contributed by atoms with E-state index in [2.05, 4.69) is 51.0 Å². The van der Waals surface area contributed by atoms with Crippen LogP contribution in [0.2, 0.25) is 0 Å². The second-order valence-electron chi connectivity index (χ2n) is 5.74. The van der Waals surface area contributed by atoms with Gasteiger partial charge in [-0.1, -0.05) is 23.4 Å². The molecule has 0 amide bonds. The molecular weight excluding hydrogens is 443 g/mol. The third-order valence-corrected chi connectivity index (χ3v) is 3.83. The molecule has 26 heavy (non-hydrogen) atoms. The van der Waals surface area contributed by atoms with E-state index in [0.717, 1.165) is 28.3 Å². The maximum Gasteiger partial charge on any atom is 0.191 e. The van der Waals surface area contributed by atoms with Crippen molar-refractivity contribution < 1.29 is 4.52 Å². The normalized spacial score (nSPS) is 11.1. The van der Waals surface area contributed by atoms with Crippen LogP contribution in [0.5, 0.6) is 0 Å². The lowest BCUT2D eigenvalue weighted by Crippen LogP contribution is -2.36. The zero-order valence-corrected chi connectivity index (χ0v) is 17.4. The number of halogens is 1. The van der Waals surface area contributed by atoms with E-state index in [0.29, 0.717) is 19.0 Å². The molecular formula is C18H23IN6O. The SMILES string of the molecule is CN=C(NCc1ccon1)NCc1ccccc1-n1nc(C)cc1C.I. The Hall–Kier alpha value is -2.36. The Morgan fingerprint density at radius 3 is 2.58 bits per heavy atom. The highest BCUT2D eigenvalue weighted by Crippen LogP contribution is 2.16. The van der Waals surface area contributed by atoms with Crippen LogP contribution in [0.25, 0.3) is 5.69 Å². The van der Waals surface area contributed by atoms with E-state index in [1.54, 1.807) is 13.3 Å². The predicted molar refractivity (Wildman–Crippen MR) is 112 cm³/mol. The van der Waals surface area contributed by atoms with Crippen LogP contribution in [-0.2, 0) is 13.1 Å². The quantitative estimate of drug-likeness (QED) is 0.344. The van der Waals surface area contributed by atoms with E-state index >= 15 is 0 Å². The summed E-state index contributed by atoms with van der Waals surface area (Å²) in [6, 6.07) is 12.1. The van der Waals surface area contributed by atoms with Gasteiger partial charge in [0, 0.05) is 25.4 Å². The molecule has 0 fully saturated rings. The number of hydrogen-bond donors (Lipinski definition) is 2. The van der Waals surface area contributed by atoms with Crippen LogP contribution >= 0.6 is 24.0 Å². The van der Waals surface area contributed by atoms with Crippen LogP contribution in [0.4, 0.5) is 0 Å². The van der Waals surface area contributed by atoms with Crippen LogP contribution in [0, 0.1) is 13.8 Å². The first-order valence-corrected chi connectivity index (χ1v) is 8.12. The van der Waals surface area contributed by atoms with Crippen LogP contribution in [0.15, 0.2) is 52.2 Å². The highest BCUT2D eigenvalue weighted by Gasteiger charge is 2.09. The molecule has 0 spiro atoms. The van der Waals surface area contributed by atoms with Crippen molar-refractivity contribution in [3.05, 3.63) is 65.3 Å². The molecule has 0 radical (unpaired) electrons. The summed E-state index contributed by atoms with van der Waals surface area (Å²) in [6.45, 7) is 5.24. The molecule has 0 saturated carbocycles. The smallest absolute Gasteiger partial charge is 0.191 e. The van der Waals surface area contributed by atoms with Crippen molar-refractivity contribution in [3.63, 3.8) is 0 Å². The van der Waals surface area contributed by atoms with Crippen molar-refractivity contribution >= 4 is 29.9 Å². The molecule has 0 aliphatic carbocycles. The molecule has 0 bridgehead atoms. The van der Waals surface area contributed by atoms with Gasteiger partial charge in [0.05, 0.1) is 17.9 Å².